The van der Waals surface area contributed by atoms with Crippen molar-refractivity contribution in [3.05, 3.63) is 84.4 Å². The van der Waals surface area contributed by atoms with Gasteiger partial charge < -0.3 is 23.4 Å². The highest BCUT2D eigenvalue weighted by atomic mass is 28.4. The molecule has 0 aliphatic carbocycles. The highest BCUT2D eigenvalue weighted by Crippen LogP contribution is 2.44. The molecule has 0 aromatic heterocycles. The van der Waals surface area contributed by atoms with Crippen LogP contribution in [0.25, 0.3) is 0 Å². The lowest BCUT2D eigenvalue weighted by atomic mass is 9.88. The molecule has 3 atom stereocenters. The van der Waals surface area contributed by atoms with Crippen LogP contribution in [0.15, 0.2) is 78.9 Å². The molecular formula is C34H42O6Si. The van der Waals surface area contributed by atoms with Crippen LogP contribution in [0.1, 0.15) is 53.2 Å². The Balaban J connectivity index is 1.51. The number of fused-ring (bicyclic) bond motifs is 1. The minimum absolute atomic E-state index is 0.0186. The molecule has 41 heavy (non-hydrogen) atoms. The third-order valence-electron chi connectivity index (χ3n) is 8.16. The highest BCUT2D eigenvalue weighted by Gasteiger charge is 2.51. The van der Waals surface area contributed by atoms with Crippen molar-refractivity contribution in [2.75, 3.05) is 26.6 Å². The minimum atomic E-state index is -2.78. The van der Waals surface area contributed by atoms with E-state index in [9.17, 15) is 4.79 Å². The van der Waals surface area contributed by atoms with Gasteiger partial charge in [-0.1, -0.05) is 87.5 Å². The van der Waals surface area contributed by atoms with Gasteiger partial charge in [-0.05, 0) is 53.9 Å². The first kappa shape index (κ1) is 29.4. The predicted octanol–water partition coefficient (Wildman–Crippen LogP) is 5.88. The van der Waals surface area contributed by atoms with Crippen LogP contribution < -0.4 is 19.8 Å². The maximum Gasteiger partial charge on any atom is 0.311 e. The van der Waals surface area contributed by atoms with Crippen LogP contribution >= 0.6 is 0 Å². The monoisotopic (exact) mass is 574 g/mol. The topological polar surface area (TPSA) is 63.2 Å². The summed E-state index contributed by atoms with van der Waals surface area (Å²) < 4.78 is 30.9. The largest absolute Gasteiger partial charge is 0.465 e. The fourth-order valence-electron chi connectivity index (χ4n) is 5.93. The number of hydrogen-bond acceptors (Lipinski definition) is 6. The molecule has 0 unspecified atom stereocenters. The summed E-state index contributed by atoms with van der Waals surface area (Å²) >= 11 is 0. The minimum Gasteiger partial charge on any atom is -0.465 e. The highest BCUT2D eigenvalue weighted by molar-refractivity contribution is 6.99. The fourth-order valence-corrected chi connectivity index (χ4v) is 10.5. The molecule has 1 saturated heterocycles. The Labute approximate surface area is 245 Å². The number of ether oxygens (including phenoxy) is 4. The zero-order valence-corrected chi connectivity index (χ0v) is 26.0. The van der Waals surface area contributed by atoms with Crippen molar-refractivity contribution in [3.8, 4) is 11.5 Å². The van der Waals surface area contributed by atoms with Crippen LogP contribution in [0.3, 0.4) is 0 Å². The number of carbonyl (C=O) groups excluding carboxylic acids is 1. The summed E-state index contributed by atoms with van der Waals surface area (Å²) in [6.07, 6.45) is -0.235. The van der Waals surface area contributed by atoms with Crippen LogP contribution in [-0.4, -0.2) is 40.9 Å². The van der Waals surface area contributed by atoms with Crippen molar-refractivity contribution in [1.82, 2.24) is 0 Å². The summed E-state index contributed by atoms with van der Waals surface area (Å²) in [5.74, 6) is 1.19. The van der Waals surface area contributed by atoms with Gasteiger partial charge in [-0.25, -0.2) is 0 Å². The normalized spacial score (nSPS) is 20.7. The Bertz CT molecular complexity index is 1290. The SMILES string of the molecule is CC(C)(C)C(=O)OC[C@@H]1CO[C@H](c2ccc3c(c2)OCO3)[C@H]1CO[Si](c1ccccc1)(c1ccccc1)C(C)(C)C. The van der Waals surface area contributed by atoms with Gasteiger partial charge in [-0.15, -0.1) is 0 Å². The molecule has 0 bridgehead atoms. The second kappa shape index (κ2) is 11.6. The fraction of sp³-hybridized carbons (Fsp3) is 0.441. The Kier molecular flexibility index (Phi) is 8.33. The van der Waals surface area contributed by atoms with Gasteiger partial charge in [0.1, 0.15) is 0 Å². The average molecular weight is 575 g/mol. The molecule has 3 aromatic rings. The van der Waals surface area contributed by atoms with Crippen molar-refractivity contribution < 1.29 is 28.2 Å². The van der Waals surface area contributed by atoms with Crippen molar-refractivity contribution in [2.45, 2.75) is 52.7 Å². The summed E-state index contributed by atoms with van der Waals surface area (Å²) in [6, 6.07) is 27.3. The molecular weight excluding hydrogens is 532 g/mol. The van der Waals surface area contributed by atoms with Gasteiger partial charge in [-0.2, -0.15) is 0 Å². The van der Waals surface area contributed by atoms with Gasteiger partial charge in [-0.3, -0.25) is 4.79 Å². The van der Waals surface area contributed by atoms with E-state index >= 15 is 0 Å². The second-order valence-electron chi connectivity index (χ2n) is 13.1. The molecule has 2 heterocycles. The first-order valence-corrected chi connectivity index (χ1v) is 16.3. The number of rotatable bonds is 8. The summed E-state index contributed by atoms with van der Waals surface area (Å²) in [5, 5.41) is 2.30. The van der Waals surface area contributed by atoms with Gasteiger partial charge in [0, 0.05) is 18.4 Å². The van der Waals surface area contributed by atoms with Crippen molar-refractivity contribution >= 4 is 24.7 Å². The Hall–Kier alpha value is -3.13. The molecule has 0 radical (unpaired) electrons. The van der Waals surface area contributed by atoms with Crippen LogP contribution in [0, 0.1) is 17.3 Å². The summed E-state index contributed by atoms with van der Waals surface area (Å²) in [7, 11) is -2.78. The van der Waals surface area contributed by atoms with Gasteiger partial charge in [0.15, 0.2) is 11.5 Å². The number of benzene rings is 3. The summed E-state index contributed by atoms with van der Waals surface area (Å²) in [6.45, 7) is 13.9. The average Bonchev–Trinajstić information content (AvgIpc) is 3.58. The molecule has 0 amide bonds. The third-order valence-corrected chi connectivity index (χ3v) is 13.2. The van der Waals surface area contributed by atoms with E-state index in [2.05, 4.69) is 81.4 Å². The van der Waals surface area contributed by atoms with E-state index < -0.39 is 13.7 Å². The van der Waals surface area contributed by atoms with E-state index in [-0.39, 0.29) is 42.3 Å². The lowest BCUT2D eigenvalue weighted by molar-refractivity contribution is -0.154. The Morgan fingerprint density at radius 2 is 1.44 bits per heavy atom. The lowest BCUT2D eigenvalue weighted by Crippen LogP contribution is -2.67. The van der Waals surface area contributed by atoms with Gasteiger partial charge in [0.25, 0.3) is 8.32 Å². The van der Waals surface area contributed by atoms with E-state index in [4.69, 9.17) is 23.4 Å². The van der Waals surface area contributed by atoms with Crippen molar-refractivity contribution in [1.29, 1.82) is 0 Å². The number of esters is 1. The molecule has 5 rings (SSSR count). The first-order chi connectivity index (χ1) is 19.5. The maximum absolute atomic E-state index is 12.7. The van der Waals surface area contributed by atoms with Crippen molar-refractivity contribution in [2.24, 2.45) is 17.3 Å². The van der Waals surface area contributed by atoms with Crippen LogP contribution in [0.2, 0.25) is 5.04 Å². The zero-order chi connectivity index (χ0) is 29.3. The molecule has 0 spiro atoms. The summed E-state index contributed by atoms with van der Waals surface area (Å²) in [4.78, 5) is 12.7. The lowest BCUT2D eigenvalue weighted by Gasteiger charge is -2.44. The Morgan fingerprint density at radius 3 is 2.02 bits per heavy atom. The van der Waals surface area contributed by atoms with Gasteiger partial charge in [0.2, 0.25) is 6.79 Å². The molecule has 1 fully saturated rings. The van der Waals surface area contributed by atoms with E-state index in [1.165, 1.54) is 10.4 Å². The molecule has 2 aliphatic heterocycles. The zero-order valence-electron chi connectivity index (χ0n) is 25.0. The van der Waals surface area contributed by atoms with E-state index in [0.717, 1.165) is 17.1 Å². The Morgan fingerprint density at radius 1 is 0.829 bits per heavy atom. The van der Waals surface area contributed by atoms with E-state index in [1.807, 2.05) is 39.0 Å². The quantitative estimate of drug-likeness (QED) is 0.247. The smallest absolute Gasteiger partial charge is 0.311 e. The molecule has 2 aliphatic rings. The standard InChI is InChI=1S/C34H42O6Si/c1-33(2,3)32(35)37-21-25-20-36-31(24-17-18-29-30(19-24)39-23-38-29)28(25)22-40-41(34(4,5)6,26-13-9-7-10-14-26)27-15-11-8-12-16-27/h7-19,25,28,31H,20-23H2,1-6H3/t25-,28-,31+/m0/s1. The van der Waals surface area contributed by atoms with E-state index in [0.29, 0.717) is 13.2 Å². The molecule has 0 saturated carbocycles. The third kappa shape index (κ3) is 5.94. The van der Waals surface area contributed by atoms with E-state index in [1.54, 1.807) is 0 Å². The summed E-state index contributed by atoms with van der Waals surface area (Å²) in [5.41, 5.74) is 0.437. The van der Waals surface area contributed by atoms with Crippen LogP contribution in [-0.2, 0) is 18.7 Å². The maximum atomic E-state index is 12.7. The van der Waals surface area contributed by atoms with Gasteiger partial charge >= 0.3 is 5.97 Å². The first-order valence-electron chi connectivity index (χ1n) is 14.4. The molecule has 7 heteroatoms. The van der Waals surface area contributed by atoms with Gasteiger partial charge in [0.05, 0.1) is 24.7 Å². The molecule has 6 nitrogen and oxygen atoms in total. The second-order valence-corrected chi connectivity index (χ2v) is 17.4. The molecule has 3 aromatic carbocycles. The number of hydrogen-bond donors (Lipinski definition) is 0. The molecule has 0 N–H and O–H groups in total. The van der Waals surface area contributed by atoms with Crippen molar-refractivity contribution in [3.63, 3.8) is 0 Å². The number of carbonyl (C=O) groups is 1. The van der Waals surface area contributed by atoms with Crippen LogP contribution in [0.4, 0.5) is 0 Å². The van der Waals surface area contributed by atoms with Crippen LogP contribution in [0.5, 0.6) is 11.5 Å². The predicted molar refractivity (Wildman–Crippen MR) is 162 cm³/mol. The molecule has 218 valence electrons.